The monoisotopic (exact) mass is 171 g/mol. The Morgan fingerprint density at radius 1 is 1.71 bits per heavy atom. The van der Waals surface area contributed by atoms with E-state index < -0.39 is 0 Å². The van der Waals surface area contributed by atoms with Crippen LogP contribution < -0.4 is 0 Å². The van der Waals surface area contributed by atoms with E-state index in [0.717, 1.165) is 5.69 Å². The first-order valence-corrected chi connectivity index (χ1v) is 1.64. The molecule has 1 N–H and O–H groups in total. The third-order valence-electron chi connectivity index (χ3n) is 0.485. The molecule has 3 nitrogen and oxygen atoms in total. The molecule has 1 heterocycles. The van der Waals surface area contributed by atoms with Crippen molar-refractivity contribution in [2.45, 2.75) is 6.92 Å². The van der Waals surface area contributed by atoms with Gasteiger partial charge in [0.1, 0.15) is 0 Å². The molecule has 0 atom stereocenters. The molecule has 0 bridgehead atoms. The van der Waals surface area contributed by atoms with Crippen LogP contribution in [0.15, 0.2) is 0 Å². The summed E-state index contributed by atoms with van der Waals surface area (Å²) in [5.74, 6) is 0. The zero-order valence-corrected chi connectivity index (χ0v) is 6.81. The van der Waals surface area contributed by atoms with Crippen molar-refractivity contribution in [2.75, 3.05) is 0 Å². The second-order valence-electron chi connectivity index (χ2n) is 1.02. The predicted molar refractivity (Wildman–Crippen MR) is 20.0 cm³/mol. The topological polar surface area (TPSA) is 41.6 Å². The van der Waals surface area contributed by atoms with Gasteiger partial charge in [-0.15, -0.1) is 5.69 Å². The van der Waals surface area contributed by atoms with E-state index in [-0.39, 0.29) is 32.7 Å². The van der Waals surface area contributed by atoms with Crippen molar-refractivity contribution in [2.24, 2.45) is 0 Å². The summed E-state index contributed by atoms with van der Waals surface area (Å²) >= 11 is 0. The molecule has 1 radical (unpaired) electrons. The summed E-state index contributed by atoms with van der Waals surface area (Å²) in [6.45, 7) is 1.82. The second-order valence-corrected chi connectivity index (χ2v) is 1.02. The third kappa shape index (κ3) is 2.14. The molecule has 7 heavy (non-hydrogen) atoms. The molecule has 0 saturated carbocycles. The van der Waals surface area contributed by atoms with Crippen molar-refractivity contribution in [3.05, 3.63) is 11.9 Å². The number of H-pyrrole nitrogens is 1. The number of nitrogens with zero attached hydrogens (tertiary/aromatic N) is 2. The van der Waals surface area contributed by atoms with Crippen LogP contribution in [0.3, 0.4) is 0 Å². The fourth-order valence-corrected chi connectivity index (χ4v) is 0.231. The molecule has 0 aliphatic carbocycles. The van der Waals surface area contributed by atoms with Gasteiger partial charge in [-0.25, -0.2) is 10.3 Å². The summed E-state index contributed by atoms with van der Waals surface area (Å²) in [6.07, 6.45) is 2.58. The first-order valence-electron chi connectivity index (χ1n) is 1.64. The molecule has 0 aliphatic heterocycles. The van der Waals surface area contributed by atoms with E-state index in [1.54, 1.807) is 0 Å². The van der Waals surface area contributed by atoms with Crippen LogP contribution in [0.1, 0.15) is 5.69 Å². The number of hydrogen-bond donors (Lipinski definition) is 1. The fourth-order valence-electron chi connectivity index (χ4n) is 0.231. The van der Waals surface area contributed by atoms with Crippen LogP contribution in [0.2, 0.25) is 0 Å². The van der Waals surface area contributed by atoms with Crippen molar-refractivity contribution in [1.29, 1.82) is 0 Å². The van der Waals surface area contributed by atoms with Gasteiger partial charge in [-0.05, 0) is 0 Å². The number of hydrogen-bond acceptors (Lipinski definition) is 2. The van der Waals surface area contributed by atoms with Crippen LogP contribution in [0, 0.1) is 13.1 Å². The normalized spacial score (nSPS) is 7.57. The Hall–Kier alpha value is 0.244. The van der Waals surface area contributed by atoms with E-state index >= 15 is 0 Å². The number of nitrogens with one attached hydrogen (secondary N) is 1. The molecule has 0 unspecified atom stereocenters. The molecule has 1 rings (SSSR count). The van der Waals surface area contributed by atoms with Crippen LogP contribution >= 0.6 is 0 Å². The van der Waals surface area contributed by atoms with Crippen molar-refractivity contribution in [3.63, 3.8) is 0 Å². The molecular formula is C3H4N3Y-. The number of rotatable bonds is 0. The first-order chi connectivity index (χ1) is 2.89. The molecule has 0 fully saturated rings. The molecule has 4 heteroatoms. The van der Waals surface area contributed by atoms with Crippen LogP contribution in [0.25, 0.3) is 0 Å². The second kappa shape index (κ2) is 3.27. The van der Waals surface area contributed by atoms with E-state index in [2.05, 4.69) is 21.6 Å². The molecule has 0 spiro atoms. The van der Waals surface area contributed by atoms with Crippen molar-refractivity contribution >= 4 is 0 Å². The van der Waals surface area contributed by atoms with Gasteiger partial charge < -0.3 is 11.3 Å². The van der Waals surface area contributed by atoms with Gasteiger partial charge in [0.25, 0.3) is 0 Å². The number of aromatic nitrogens is 3. The fraction of sp³-hybridized carbons (Fsp3) is 0.333. The first kappa shape index (κ1) is 7.24. The van der Waals surface area contributed by atoms with Gasteiger partial charge in [0, 0.05) is 32.7 Å². The predicted octanol–water partition coefficient (Wildman–Crippen LogP) is -0.0892. The van der Waals surface area contributed by atoms with E-state index in [9.17, 15) is 0 Å². The molecule has 0 amide bonds. The van der Waals surface area contributed by atoms with Crippen molar-refractivity contribution < 1.29 is 32.7 Å². The minimum Gasteiger partial charge on any atom is -0.377 e. The maximum atomic E-state index is 3.62. The summed E-state index contributed by atoms with van der Waals surface area (Å²) in [4.78, 5) is 0. The zero-order chi connectivity index (χ0) is 4.41. The summed E-state index contributed by atoms with van der Waals surface area (Å²) in [6, 6.07) is 0. The molecule has 1 aromatic rings. The van der Waals surface area contributed by atoms with E-state index in [1.165, 1.54) is 0 Å². The van der Waals surface area contributed by atoms with Gasteiger partial charge in [-0.3, -0.25) is 0 Å². The average Bonchev–Trinajstić information content (AvgIpc) is 1.86. The van der Waals surface area contributed by atoms with Crippen molar-refractivity contribution in [1.82, 2.24) is 15.4 Å². The molecule has 35 valence electrons. The van der Waals surface area contributed by atoms with E-state index in [0.29, 0.717) is 0 Å². The van der Waals surface area contributed by atoms with E-state index in [1.807, 2.05) is 6.92 Å². The van der Waals surface area contributed by atoms with Crippen LogP contribution in [0.5, 0.6) is 0 Å². The minimum absolute atomic E-state index is 0. The van der Waals surface area contributed by atoms with Crippen LogP contribution in [0.4, 0.5) is 0 Å². The molecule has 0 aromatic carbocycles. The van der Waals surface area contributed by atoms with Gasteiger partial charge in [-0.2, -0.15) is 0 Å². The Morgan fingerprint density at radius 2 is 2.43 bits per heavy atom. The van der Waals surface area contributed by atoms with Crippen LogP contribution in [-0.4, -0.2) is 15.4 Å². The molecular weight excluding hydrogens is 167 g/mol. The standard InChI is InChI=1S/C3H4N3.Y/c1-3-2-4-6-5-3;/h1H3,(H,4,5,6);/q-1;. The summed E-state index contributed by atoms with van der Waals surface area (Å²) in [5.41, 5.74) is 0.801. The molecule has 1 aromatic heterocycles. The summed E-state index contributed by atoms with van der Waals surface area (Å²) in [5, 5.41) is 9.46. The Balaban J connectivity index is 0.000000360. The van der Waals surface area contributed by atoms with E-state index in [4.69, 9.17) is 0 Å². The Labute approximate surface area is 66.8 Å². The van der Waals surface area contributed by atoms with Gasteiger partial charge >= 0.3 is 0 Å². The quantitative estimate of drug-likeness (QED) is 0.554. The molecule has 0 aliphatic rings. The largest absolute Gasteiger partial charge is 0.377 e. The number of aromatic amines is 1. The third-order valence-corrected chi connectivity index (χ3v) is 0.485. The average molecular weight is 171 g/mol. The SMILES string of the molecule is Cc1[c-]n[nH]n1.[Y]. The van der Waals surface area contributed by atoms with Gasteiger partial charge in [0.05, 0.1) is 0 Å². The maximum Gasteiger partial charge on any atom is 0 e. The molecule has 0 saturated heterocycles. The van der Waals surface area contributed by atoms with Crippen LogP contribution in [-0.2, 0) is 32.7 Å². The van der Waals surface area contributed by atoms with Gasteiger partial charge in [0.15, 0.2) is 0 Å². The Kier molecular flexibility index (Phi) is 3.39. The smallest absolute Gasteiger partial charge is 0 e. The van der Waals surface area contributed by atoms with Crippen molar-refractivity contribution in [3.8, 4) is 0 Å². The summed E-state index contributed by atoms with van der Waals surface area (Å²) in [7, 11) is 0. The maximum absolute atomic E-state index is 3.62. The minimum atomic E-state index is 0. The Morgan fingerprint density at radius 3 is 2.57 bits per heavy atom. The number of aryl methyl sites for hydroxylation is 1. The van der Waals surface area contributed by atoms with Gasteiger partial charge in [0.2, 0.25) is 0 Å². The Bertz CT molecular complexity index is 114. The zero-order valence-electron chi connectivity index (χ0n) is 3.97. The summed E-state index contributed by atoms with van der Waals surface area (Å²) < 4.78 is 0. The van der Waals surface area contributed by atoms with Gasteiger partial charge in [-0.1, -0.05) is 6.92 Å².